The summed E-state index contributed by atoms with van der Waals surface area (Å²) in [6.07, 6.45) is -1.33. The Kier molecular flexibility index (Phi) is 5.09. The van der Waals surface area contributed by atoms with E-state index in [4.69, 9.17) is 10.5 Å². The number of aliphatic hydroxyl groups is 1. The summed E-state index contributed by atoms with van der Waals surface area (Å²) in [5, 5.41) is 12.3. The van der Waals surface area contributed by atoms with E-state index in [0.29, 0.717) is 11.3 Å². The quantitative estimate of drug-likeness (QED) is 0.703. The van der Waals surface area contributed by atoms with Crippen LogP contribution in [0.25, 0.3) is 0 Å². The van der Waals surface area contributed by atoms with E-state index < -0.39 is 12.2 Å². The number of rotatable bonds is 5. The number of para-hydroxylation sites is 1. The van der Waals surface area contributed by atoms with Crippen molar-refractivity contribution in [3.05, 3.63) is 29.8 Å². The van der Waals surface area contributed by atoms with Crippen molar-refractivity contribution in [1.82, 2.24) is 0 Å². The van der Waals surface area contributed by atoms with Crippen LogP contribution < -0.4 is 11.1 Å². The van der Waals surface area contributed by atoms with Gasteiger partial charge in [0.1, 0.15) is 6.10 Å². The van der Waals surface area contributed by atoms with Crippen LogP contribution in [0.15, 0.2) is 24.3 Å². The van der Waals surface area contributed by atoms with Gasteiger partial charge in [0.25, 0.3) is 5.91 Å². The van der Waals surface area contributed by atoms with Gasteiger partial charge in [-0.15, -0.1) is 0 Å². The smallest absolute Gasteiger partial charge is 0.254 e. The van der Waals surface area contributed by atoms with Gasteiger partial charge in [-0.1, -0.05) is 18.2 Å². The van der Waals surface area contributed by atoms with Crippen LogP contribution in [0.1, 0.15) is 18.6 Å². The molecule has 0 bridgehead atoms. The summed E-state index contributed by atoms with van der Waals surface area (Å²) < 4.78 is 4.93. The zero-order valence-corrected chi connectivity index (χ0v) is 10.0. The third-order valence-corrected chi connectivity index (χ3v) is 2.46. The lowest BCUT2D eigenvalue weighted by Crippen LogP contribution is -2.36. The van der Waals surface area contributed by atoms with Gasteiger partial charge in [-0.2, -0.15) is 0 Å². The van der Waals surface area contributed by atoms with Gasteiger partial charge in [0.05, 0.1) is 6.10 Å². The van der Waals surface area contributed by atoms with Crippen LogP contribution in [0, 0.1) is 0 Å². The molecule has 5 heteroatoms. The molecular weight excluding hydrogens is 220 g/mol. The molecular formula is C12H18N2O3. The Balaban J connectivity index is 2.84. The van der Waals surface area contributed by atoms with Gasteiger partial charge in [-0.05, 0) is 13.0 Å². The van der Waals surface area contributed by atoms with Crippen LogP contribution in [0.2, 0.25) is 0 Å². The molecule has 1 aromatic rings. The highest BCUT2D eigenvalue weighted by Crippen LogP contribution is 2.22. The van der Waals surface area contributed by atoms with Gasteiger partial charge in [-0.25, -0.2) is 0 Å². The maximum atomic E-state index is 11.8. The van der Waals surface area contributed by atoms with Crippen molar-refractivity contribution in [1.29, 1.82) is 0 Å². The predicted molar refractivity (Wildman–Crippen MR) is 65.6 cm³/mol. The van der Waals surface area contributed by atoms with Crippen LogP contribution in [0.4, 0.5) is 5.69 Å². The lowest BCUT2D eigenvalue weighted by molar-refractivity contribution is -0.125. The van der Waals surface area contributed by atoms with Gasteiger partial charge >= 0.3 is 0 Å². The second kappa shape index (κ2) is 6.34. The van der Waals surface area contributed by atoms with Crippen LogP contribution in [-0.4, -0.2) is 30.8 Å². The van der Waals surface area contributed by atoms with Crippen molar-refractivity contribution < 1.29 is 14.6 Å². The number of hydrogen-bond acceptors (Lipinski definition) is 4. The Morgan fingerprint density at radius 2 is 2.18 bits per heavy atom. The number of amides is 1. The SMILES string of the molecule is COC(CN)C(=O)Nc1ccccc1C(C)O. The van der Waals surface area contributed by atoms with Crippen LogP contribution in [0.5, 0.6) is 0 Å². The van der Waals surface area contributed by atoms with Crippen molar-refractivity contribution in [3.63, 3.8) is 0 Å². The summed E-state index contributed by atoms with van der Waals surface area (Å²) >= 11 is 0. The van der Waals surface area contributed by atoms with Gasteiger partial charge in [0.15, 0.2) is 0 Å². The van der Waals surface area contributed by atoms with E-state index in [-0.39, 0.29) is 12.5 Å². The Labute approximate surface area is 101 Å². The fraction of sp³-hybridized carbons (Fsp3) is 0.417. The average Bonchev–Trinajstić information content (AvgIpc) is 2.31. The number of nitrogens with two attached hydrogens (primary N) is 1. The summed E-state index contributed by atoms with van der Waals surface area (Å²) in [6.45, 7) is 1.75. The molecule has 2 atom stereocenters. The molecule has 5 nitrogen and oxygen atoms in total. The Morgan fingerprint density at radius 3 is 2.71 bits per heavy atom. The zero-order valence-electron chi connectivity index (χ0n) is 10.0. The van der Waals surface area contributed by atoms with Crippen molar-refractivity contribution in [3.8, 4) is 0 Å². The molecule has 0 heterocycles. The second-order valence-corrected chi connectivity index (χ2v) is 3.71. The average molecular weight is 238 g/mol. The first kappa shape index (κ1) is 13.6. The highest BCUT2D eigenvalue weighted by molar-refractivity contribution is 5.95. The molecule has 1 rings (SSSR count). The molecule has 0 spiro atoms. The number of methoxy groups -OCH3 is 1. The Bertz CT molecular complexity index is 376. The molecule has 17 heavy (non-hydrogen) atoms. The minimum Gasteiger partial charge on any atom is -0.389 e. The van der Waals surface area contributed by atoms with Gasteiger partial charge in [0, 0.05) is 24.9 Å². The highest BCUT2D eigenvalue weighted by Gasteiger charge is 2.17. The van der Waals surface area contributed by atoms with E-state index in [9.17, 15) is 9.90 Å². The normalized spacial score (nSPS) is 14.1. The summed E-state index contributed by atoms with van der Waals surface area (Å²) in [4.78, 5) is 11.8. The monoisotopic (exact) mass is 238 g/mol. The summed E-state index contributed by atoms with van der Waals surface area (Å²) in [5.41, 5.74) is 6.63. The standard InChI is InChI=1S/C12H18N2O3/c1-8(15)9-5-3-4-6-10(9)14-12(16)11(7-13)17-2/h3-6,8,11,15H,7,13H2,1-2H3,(H,14,16). The maximum absolute atomic E-state index is 11.8. The zero-order chi connectivity index (χ0) is 12.8. The third kappa shape index (κ3) is 3.52. The molecule has 0 aromatic heterocycles. The molecule has 4 N–H and O–H groups in total. The third-order valence-electron chi connectivity index (χ3n) is 2.46. The van der Waals surface area contributed by atoms with Crippen LogP contribution in [-0.2, 0) is 9.53 Å². The molecule has 0 radical (unpaired) electrons. The van der Waals surface area contributed by atoms with E-state index in [1.807, 2.05) is 0 Å². The number of anilines is 1. The molecule has 0 saturated heterocycles. The highest BCUT2D eigenvalue weighted by atomic mass is 16.5. The van der Waals surface area contributed by atoms with Crippen LogP contribution in [0.3, 0.4) is 0 Å². The Morgan fingerprint density at radius 1 is 1.53 bits per heavy atom. The summed E-state index contributed by atoms with van der Waals surface area (Å²) in [5.74, 6) is -0.317. The lowest BCUT2D eigenvalue weighted by atomic mass is 10.1. The minimum absolute atomic E-state index is 0.110. The van der Waals surface area contributed by atoms with Gasteiger partial charge in [-0.3, -0.25) is 4.79 Å². The van der Waals surface area contributed by atoms with E-state index >= 15 is 0 Å². The molecule has 1 amide bonds. The fourth-order valence-corrected chi connectivity index (χ4v) is 1.50. The number of nitrogens with one attached hydrogen (secondary N) is 1. The first-order chi connectivity index (χ1) is 8.10. The minimum atomic E-state index is -0.683. The number of ether oxygens (including phenoxy) is 1. The van der Waals surface area contributed by atoms with E-state index in [0.717, 1.165) is 0 Å². The molecule has 94 valence electrons. The van der Waals surface area contributed by atoms with Crippen molar-refractivity contribution in [2.75, 3.05) is 19.0 Å². The largest absolute Gasteiger partial charge is 0.389 e. The number of carbonyl (C=O) groups is 1. The molecule has 0 aliphatic heterocycles. The number of benzene rings is 1. The molecule has 0 aliphatic rings. The lowest BCUT2D eigenvalue weighted by Gasteiger charge is -2.16. The van der Waals surface area contributed by atoms with Crippen molar-refractivity contribution in [2.24, 2.45) is 5.73 Å². The summed E-state index contributed by atoms with van der Waals surface area (Å²) in [6, 6.07) is 7.06. The Hall–Kier alpha value is -1.43. The molecule has 0 fully saturated rings. The van der Waals surface area contributed by atoms with E-state index in [1.165, 1.54) is 7.11 Å². The first-order valence-corrected chi connectivity index (χ1v) is 5.40. The van der Waals surface area contributed by atoms with Crippen molar-refractivity contribution in [2.45, 2.75) is 19.1 Å². The fourth-order valence-electron chi connectivity index (χ4n) is 1.50. The topological polar surface area (TPSA) is 84.6 Å². The van der Waals surface area contributed by atoms with E-state index in [1.54, 1.807) is 31.2 Å². The van der Waals surface area contributed by atoms with Gasteiger partial charge in [0.2, 0.25) is 0 Å². The maximum Gasteiger partial charge on any atom is 0.254 e. The molecule has 0 aliphatic carbocycles. The second-order valence-electron chi connectivity index (χ2n) is 3.71. The van der Waals surface area contributed by atoms with Crippen LogP contribution >= 0.6 is 0 Å². The molecule has 0 saturated carbocycles. The number of carbonyl (C=O) groups excluding carboxylic acids is 1. The first-order valence-electron chi connectivity index (χ1n) is 5.40. The number of aliphatic hydroxyl groups excluding tert-OH is 1. The molecule has 1 aromatic carbocycles. The summed E-state index contributed by atoms with van der Waals surface area (Å²) in [7, 11) is 1.43. The molecule has 2 unspecified atom stereocenters. The van der Waals surface area contributed by atoms with E-state index in [2.05, 4.69) is 5.32 Å². The van der Waals surface area contributed by atoms with Gasteiger partial charge < -0.3 is 20.9 Å². The van der Waals surface area contributed by atoms with Crippen molar-refractivity contribution >= 4 is 11.6 Å². The predicted octanol–water partition coefficient (Wildman–Crippen LogP) is 0.652. The number of hydrogen-bond donors (Lipinski definition) is 3.